The minimum atomic E-state index is -0.244. The molecule has 5 heteroatoms. The number of hydrogen-bond donors (Lipinski definition) is 0. The molecule has 30 heavy (non-hydrogen) atoms. The van der Waals surface area contributed by atoms with Crippen LogP contribution in [0.5, 0.6) is 11.5 Å². The SMILES string of the molecule is COc1ccccc1-c1c(C)oc2cc(OC(=O)CCC3CCCC3)ccc2c1=O. The van der Waals surface area contributed by atoms with Gasteiger partial charge in [-0.15, -0.1) is 0 Å². The molecule has 1 saturated carbocycles. The standard InChI is InChI=1S/C25H26O5/c1-16-24(19-9-5-6-10-21(19)28-2)25(27)20-13-12-18(15-22(20)29-16)30-23(26)14-11-17-7-3-4-8-17/h5-6,9-10,12-13,15,17H,3-4,7-8,11,14H2,1-2H3. The zero-order chi connectivity index (χ0) is 21.1. The molecule has 0 aliphatic heterocycles. The molecular weight excluding hydrogens is 380 g/mol. The number of carbonyl (C=O) groups excluding carboxylic acids is 1. The van der Waals surface area contributed by atoms with Gasteiger partial charge in [-0.1, -0.05) is 43.9 Å². The summed E-state index contributed by atoms with van der Waals surface area (Å²) in [7, 11) is 1.57. The van der Waals surface area contributed by atoms with Gasteiger partial charge in [-0.2, -0.15) is 0 Å². The van der Waals surface area contributed by atoms with Crippen molar-refractivity contribution in [3.8, 4) is 22.6 Å². The number of rotatable bonds is 6. The quantitative estimate of drug-likeness (QED) is 0.391. The van der Waals surface area contributed by atoms with E-state index in [-0.39, 0.29) is 11.4 Å². The van der Waals surface area contributed by atoms with Crippen LogP contribution in [-0.2, 0) is 4.79 Å². The number of carbonyl (C=O) groups is 1. The first-order valence-electron chi connectivity index (χ1n) is 10.5. The number of aryl methyl sites for hydroxylation is 1. The van der Waals surface area contributed by atoms with E-state index in [1.807, 2.05) is 24.3 Å². The van der Waals surface area contributed by atoms with Gasteiger partial charge in [-0.25, -0.2) is 0 Å². The second kappa shape index (κ2) is 8.74. The Kier molecular flexibility index (Phi) is 5.88. The van der Waals surface area contributed by atoms with Crippen molar-refractivity contribution >= 4 is 16.9 Å². The fourth-order valence-corrected chi connectivity index (χ4v) is 4.32. The Morgan fingerprint density at radius 1 is 1.13 bits per heavy atom. The Morgan fingerprint density at radius 2 is 1.90 bits per heavy atom. The molecule has 0 amide bonds. The topological polar surface area (TPSA) is 65.7 Å². The molecule has 1 aliphatic carbocycles. The summed E-state index contributed by atoms with van der Waals surface area (Å²) in [6, 6.07) is 12.3. The normalized spacial score (nSPS) is 14.2. The van der Waals surface area contributed by atoms with Crippen molar-refractivity contribution in [3.05, 3.63) is 58.4 Å². The van der Waals surface area contributed by atoms with Crippen molar-refractivity contribution in [2.24, 2.45) is 5.92 Å². The Hall–Kier alpha value is -3.08. The van der Waals surface area contributed by atoms with Crippen molar-refractivity contribution in [1.29, 1.82) is 0 Å². The van der Waals surface area contributed by atoms with Crippen LogP contribution in [-0.4, -0.2) is 13.1 Å². The fraction of sp³-hybridized carbons (Fsp3) is 0.360. The fourth-order valence-electron chi connectivity index (χ4n) is 4.32. The van der Waals surface area contributed by atoms with Crippen molar-refractivity contribution in [2.45, 2.75) is 45.4 Å². The van der Waals surface area contributed by atoms with Crippen LogP contribution in [0, 0.1) is 12.8 Å². The molecule has 4 rings (SSSR count). The van der Waals surface area contributed by atoms with Gasteiger partial charge in [0.1, 0.15) is 22.8 Å². The minimum absolute atomic E-state index is 0.141. The van der Waals surface area contributed by atoms with E-state index in [9.17, 15) is 9.59 Å². The number of para-hydroxylation sites is 1. The lowest BCUT2D eigenvalue weighted by Gasteiger charge is -2.12. The van der Waals surface area contributed by atoms with E-state index in [0.717, 1.165) is 6.42 Å². The molecule has 5 nitrogen and oxygen atoms in total. The summed E-state index contributed by atoms with van der Waals surface area (Å²) >= 11 is 0. The summed E-state index contributed by atoms with van der Waals surface area (Å²) in [5, 5.41) is 0.437. The molecule has 1 aliphatic rings. The first-order valence-corrected chi connectivity index (χ1v) is 10.5. The summed E-state index contributed by atoms with van der Waals surface area (Å²) in [5.74, 6) is 1.89. The smallest absolute Gasteiger partial charge is 0.311 e. The van der Waals surface area contributed by atoms with Crippen LogP contribution < -0.4 is 14.9 Å². The minimum Gasteiger partial charge on any atom is -0.496 e. The summed E-state index contributed by atoms with van der Waals surface area (Å²) in [6.45, 7) is 1.75. The molecule has 0 N–H and O–H groups in total. The molecule has 0 saturated heterocycles. The lowest BCUT2D eigenvalue weighted by atomic mass is 10.0. The van der Waals surface area contributed by atoms with Gasteiger partial charge in [-0.3, -0.25) is 9.59 Å². The molecule has 1 heterocycles. The second-order valence-corrected chi connectivity index (χ2v) is 7.88. The van der Waals surface area contributed by atoms with Gasteiger partial charge >= 0.3 is 5.97 Å². The molecule has 1 aromatic heterocycles. The number of ether oxygens (including phenoxy) is 2. The van der Waals surface area contributed by atoms with Crippen molar-refractivity contribution in [2.75, 3.05) is 7.11 Å². The summed E-state index contributed by atoms with van der Waals surface area (Å²) in [6.07, 6.45) is 6.24. The number of esters is 1. The average molecular weight is 406 g/mol. The van der Waals surface area contributed by atoms with Crippen LogP contribution in [0.1, 0.15) is 44.3 Å². The van der Waals surface area contributed by atoms with Gasteiger partial charge in [0.15, 0.2) is 0 Å². The van der Waals surface area contributed by atoms with Crippen molar-refractivity contribution in [3.63, 3.8) is 0 Å². The lowest BCUT2D eigenvalue weighted by molar-refractivity contribution is -0.134. The Labute approximate surface area is 175 Å². The Bertz CT molecular complexity index is 1120. The average Bonchev–Trinajstić information content (AvgIpc) is 3.26. The zero-order valence-corrected chi connectivity index (χ0v) is 17.4. The van der Waals surface area contributed by atoms with Gasteiger partial charge in [0, 0.05) is 18.1 Å². The van der Waals surface area contributed by atoms with Crippen LogP contribution in [0.4, 0.5) is 0 Å². The largest absolute Gasteiger partial charge is 0.496 e. The van der Waals surface area contributed by atoms with Crippen LogP contribution in [0.25, 0.3) is 22.1 Å². The van der Waals surface area contributed by atoms with Gasteiger partial charge in [0.05, 0.1) is 18.1 Å². The Balaban J connectivity index is 1.59. The van der Waals surface area contributed by atoms with Crippen molar-refractivity contribution in [1.82, 2.24) is 0 Å². The van der Waals surface area contributed by atoms with E-state index < -0.39 is 0 Å². The highest BCUT2D eigenvalue weighted by Crippen LogP contribution is 2.32. The third-order valence-electron chi connectivity index (χ3n) is 5.88. The van der Waals surface area contributed by atoms with Crippen LogP contribution in [0.3, 0.4) is 0 Å². The highest BCUT2D eigenvalue weighted by atomic mass is 16.5. The van der Waals surface area contributed by atoms with Gasteiger partial charge in [0.25, 0.3) is 0 Å². The van der Waals surface area contributed by atoms with E-state index in [1.165, 1.54) is 25.7 Å². The summed E-state index contributed by atoms with van der Waals surface area (Å²) < 4.78 is 16.8. The third-order valence-corrected chi connectivity index (χ3v) is 5.88. The zero-order valence-electron chi connectivity index (χ0n) is 17.4. The van der Waals surface area contributed by atoms with E-state index in [1.54, 1.807) is 32.2 Å². The molecule has 0 unspecified atom stereocenters. The third kappa shape index (κ3) is 4.11. The molecular formula is C25H26O5. The maximum atomic E-state index is 13.2. The van der Waals surface area contributed by atoms with Gasteiger partial charge in [0.2, 0.25) is 5.43 Å². The number of hydrogen-bond acceptors (Lipinski definition) is 5. The monoisotopic (exact) mass is 406 g/mol. The van der Waals surface area contributed by atoms with E-state index in [2.05, 4.69) is 0 Å². The predicted octanol–water partition coefficient (Wildman–Crippen LogP) is 5.65. The molecule has 1 fully saturated rings. The highest BCUT2D eigenvalue weighted by Gasteiger charge is 2.19. The van der Waals surface area contributed by atoms with Crippen molar-refractivity contribution < 1.29 is 18.7 Å². The van der Waals surface area contributed by atoms with Gasteiger partial charge in [-0.05, 0) is 37.5 Å². The van der Waals surface area contributed by atoms with E-state index in [0.29, 0.717) is 51.7 Å². The predicted molar refractivity (Wildman–Crippen MR) is 116 cm³/mol. The first-order chi connectivity index (χ1) is 14.6. The molecule has 3 aromatic rings. The molecule has 2 aromatic carbocycles. The first kappa shape index (κ1) is 20.2. The maximum Gasteiger partial charge on any atom is 0.311 e. The van der Waals surface area contributed by atoms with E-state index in [4.69, 9.17) is 13.9 Å². The summed E-state index contributed by atoms with van der Waals surface area (Å²) in [5.41, 5.74) is 1.42. The molecule has 0 spiro atoms. The lowest BCUT2D eigenvalue weighted by Crippen LogP contribution is -2.11. The van der Waals surface area contributed by atoms with Crippen LogP contribution in [0.15, 0.2) is 51.7 Å². The highest BCUT2D eigenvalue weighted by molar-refractivity contribution is 5.85. The van der Waals surface area contributed by atoms with Crippen LogP contribution >= 0.6 is 0 Å². The number of benzene rings is 2. The molecule has 0 atom stereocenters. The molecule has 0 radical (unpaired) electrons. The molecule has 0 bridgehead atoms. The Morgan fingerprint density at radius 3 is 2.67 bits per heavy atom. The summed E-state index contributed by atoms with van der Waals surface area (Å²) in [4.78, 5) is 25.4. The molecule has 156 valence electrons. The number of methoxy groups -OCH3 is 1. The maximum absolute atomic E-state index is 13.2. The van der Waals surface area contributed by atoms with Gasteiger partial charge < -0.3 is 13.9 Å². The van der Waals surface area contributed by atoms with Crippen LogP contribution in [0.2, 0.25) is 0 Å². The van der Waals surface area contributed by atoms with E-state index >= 15 is 0 Å². The number of fused-ring (bicyclic) bond motifs is 1. The second-order valence-electron chi connectivity index (χ2n) is 7.88.